The predicted octanol–water partition coefficient (Wildman–Crippen LogP) is 3.82. The molecular formula is C19H24N2O4S. The Balaban J connectivity index is 2.08. The van der Waals surface area contributed by atoms with Crippen LogP contribution in [0.15, 0.2) is 36.4 Å². The number of hydrogen-bond acceptors (Lipinski definition) is 6. The molecule has 2 rings (SSSR count). The lowest BCUT2D eigenvalue weighted by molar-refractivity contribution is -0.122. The third-order valence-corrected chi connectivity index (χ3v) is 4.10. The van der Waals surface area contributed by atoms with E-state index >= 15 is 0 Å². The molecule has 0 aliphatic rings. The zero-order chi connectivity index (χ0) is 19.1. The van der Waals surface area contributed by atoms with Gasteiger partial charge in [-0.25, -0.2) is 0 Å². The molecule has 0 spiro atoms. The number of hydrogen-bond donors (Lipinski definition) is 1. The van der Waals surface area contributed by atoms with Crippen LogP contribution in [0.1, 0.15) is 16.7 Å². The van der Waals surface area contributed by atoms with Crippen molar-refractivity contribution in [3.8, 4) is 17.2 Å². The summed E-state index contributed by atoms with van der Waals surface area (Å²) in [6.45, 7) is 3.94. The van der Waals surface area contributed by atoms with Gasteiger partial charge < -0.3 is 13.7 Å². The third kappa shape index (κ3) is 5.66. The summed E-state index contributed by atoms with van der Waals surface area (Å²) in [5.74, 6) is 2.20. The Morgan fingerprint density at radius 3 is 2.19 bits per heavy atom. The zero-order valence-corrected chi connectivity index (χ0v) is 16.5. The van der Waals surface area contributed by atoms with Crippen molar-refractivity contribution in [2.24, 2.45) is 0 Å². The summed E-state index contributed by atoms with van der Waals surface area (Å²) in [6, 6.07) is 11.4. The molecule has 7 heteroatoms. The molecule has 140 valence electrons. The van der Waals surface area contributed by atoms with Gasteiger partial charge in [0.2, 0.25) is 5.91 Å². The van der Waals surface area contributed by atoms with E-state index in [1.165, 1.54) is 4.41 Å². The summed E-state index contributed by atoms with van der Waals surface area (Å²) in [4.78, 5) is 12.1. The van der Waals surface area contributed by atoms with E-state index in [0.29, 0.717) is 0 Å². The lowest BCUT2D eigenvalue weighted by atomic mass is 10.0. The molecule has 0 radical (unpaired) electrons. The van der Waals surface area contributed by atoms with E-state index in [1.807, 2.05) is 50.2 Å². The van der Waals surface area contributed by atoms with Gasteiger partial charge in [-0.1, -0.05) is 12.1 Å². The average molecular weight is 376 g/mol. The molecule has 0 atom stereocenters. The summed E-state index contributed by atoms with van der Waals surface area (Å²) in [5.41, 5.74) is 5.60. The second-order valence-electron chi connectivity index (χ2n) is 5.79. The van der Waals surface area contributed by atoms with Crippen molar-refractivity contribution in [3.05, 3.63) is 53.1 Å². The number of hydrazine groups is 1. The van der Waals surface area contributed by atoms with Crippen LogP contribution in [0.5, 0.6) is 17.2 Å². The molecule has 1 N–H and O–H groups in total. The van der Waals surface area contributed by atoms with Crippen LogP contribution >= 0.6 is 12.2 Å². The van der Waals surface area contributed by atoms with Gasteiger partial charge in [0.15, 0.2) is 0 Å². The van der Waals surface area contributed by atoms with Crippen LogP contribution in [0, 0.1) is 13.8 Å². The number of nitrogens with zero attached hydrogens (tertiary/aromatic N) is 1. The van der Waals surface area contributed by atoms with Crippen LogP contribution < -0.4 is 14.9 Å². The van der Waals surface area contributed by atoms with Crippen molar-refractivity contribution in [1.29, 1.82) is 0 Å². The molecular weight excluding hydrogens is 352 g/mol. The molecule has 0 saturated carbocycles. The highest BCUT2D eigenvalue weighted by Crippen LogP contribution is 2.31. The predicted molar refractivity (Wildman–Crippen MR) is 103 cm³/mol. The van der Waals surface area contributed by atoms with Gasteiger partial charge in [0, 0.05) is 7.05 Å². The van der Waals surface area contributed by atoms with Gasteiger partial charge in [-0.05, 0) is 54.8 Å². The van der Waals surface area contributed by atoms with Crippen molar-refractivity contribution < 1.29 is 18.5 Å². The van der Waals surface area contributed by atoms with E-state index in [0.717, 1.165) is 46.2 Å². The molecule has 1 amide bonds. The molecule has 0 fully saturated rings. The molecule has 0 unspecified atom stereocenters. The fourth-order valence-electron chi connectivity index (χ4n) is 2.60. The fourth-order valence-corrected chi connectivity index (χ4v) is 2.96. The van der Waals surface area contributed by atoms with Crippen molar-refractivity contribution in [2.45, 2.75) is 20.3 Å². The van der Waals surface area contributed by atoms with Gasteiger partial charge in [-0.3, -0.25) is 10.2 Å². The number of rotatable bonds is 8. The Labute approximate surface area is 158 Å². The number of nitrogens with one attached hydrogen (secondary N) is 1. The summed E-state index contributed by atoms with van der Waals surface area (Å²) in [7, 11) is 4.89. The van der Waals surface area contributed by atoms with Gasteiger partial charge in [-0.2, -0.15) is 0 Å². The maximum atomic E-state index is 12.1. The van der Waals surface area contributed by atoms with Crippen LogP contribution in [-0.4, -0.2) is 31.6 Å². The highest BCUT2D eigenvalue weighted by atomic mass is 32.2. The summed E-state index contributed by atoms with van der Waals surface area (Å²) in [6.07, 6.45) is 0.277. The topological polar surface area (TPSA) is 60.0 Å². The summed E-state index contributed by atoms with van der Waals surface area (Å²) in [5, 5.41) is 0. The van der Waals surface area contributed by atoms with E-state index in [1.54, 1.807) is 21.3 Å². The van der Waals surface area contributed by atoms with Crippen LogP contribution in [-0.2, 0) is 15.4 Å². The van der Waals surface area contributed by atoms with Crippen LogP contribution in [0.2, 0.25) is 0 Å². The van der Waals surface area contributed by atoms with Gasteiger partial charge in [0.1, 0.15) is 29.5 Å². The minimum atomic E-state index is -0.111. The van der Waals surface area contributed by atoms with Crippen molar-refractivity contribution >= 4 is 18.1 Å². The number of ether oxygens (including phenoxy) is 2. The molecule has 0 heterocycles. The largest absolute Gasteiger partial charge is 0.497 e. The monoisotopic (exact) mass is 376 g/mol. The first-order chi connectivity index (χ1) is 12.4. The first kappa shape index (κ1) is 20.1. The first-order valence-corrected chi connectivity index (χ1v) is 8.78. The third-order valence-electron chi connectivity index (χ3n) is 3.63. The molecule has 2 aromatic carbocycles. The number of amides is 1. The molecule has 6 nitrogen and oxygen atoms in total. The van der Waals surface area contributed by atoms with Crippen LogP contribution in [0.25, 0.3) is 0 Å². The second kappa shape index (κ2) is 9.47. The Kier molecular flexibility index (Phi) is 7.32. The van der Waals surface area contributed by atoms with Crippen molar-refractivity contribution in [2.75, 3.05) is 21.3 Å². The maximum absolute atomic E-state index is 12.1. The van der Waals surface area contributed by atoms with E-state index in [9.17, 15) is 4.79 Å². The Morgan fingerprint density at radius 1 is 1.08 bits per heavy atom. The minimum absolute atomic E-state index is 0.111. The SMILES string of the molecule is COSN(C)NC(=O)Cc1cc(C)c(Oc2ccc(OC)cc2)c(C)c1. The molecule has 0 aromatic heterocycles. The van der Waals surface area contributed by atoms with Gasteiger partial charge in [-0.15, -0.1) is 4.41 Å². The van der Waals surface area contributed by atoms with Gasteiger partial charge >= 0.3 is 0 Å². The van der Waals surface area contributed by atoms with Crippen LogP contribution in [0.4, 0.5) is 0 Å². The Hall–Kier alpha value is -2.22. The Bertz CT molecular complexity index is 727. The Morgan fingerprint density at radius 2 is 1.65 bits per heavy atom. The van der Waals surface area contributed by atoms with E-state index < -0.39 is 0 Å². The number of carbonyl (C=O) groups excluding carboxylic acids is 1. The number of benzene rings is 2. The lowest BCUT2D eigenvalue weighted by Crippen LogP contribution is -2.35. The van der Waals surface area contributed by atoms with Gasteiger partial charge in [0.25, 0.3) is 0 Å². The maximum Gasteiger partial charge on any atom is 0.239 e. The van der Waals surface area contributed by atoms with Crippen molar-refractivity contribution in [3.63, 3.8) is 0 Å². The molecule has 0 bridgehead atoms. The summed E-state index contributed by atoms with van der Waals surface area (Å²) >= 11 is 1.06. The number of methoxy groups -OCH3 is 1. The molecule has 0 aliphatic heterocycles. The minimum Gasteiger partial charge on any atom is -0.497 e. The van der Waals surface area contributed by atoms with Crippen molar-refractivity contribution in [1.82, 2.24) is 9.84 Å². The highest BCUT2D eigenvalue weighted by molar-refractivity contribution is 7.92. The quantitative estimate of drug-likeness (QED) is 0.429. The van der Waals surface area contributed by atoms with Gasteiger partial charge in [0.05, 0.1) is 20.6 Å². The standard InChI is InChI=1S/C19H24N2O4S/c1-13-10-15(12-18(22)20-21(3)26-24-5)11-14(2)19(13)25-17-8-6-16(23-4)7-9-17/h6-11H,12H2,1-5H3,(H,20,22). The molecule has 0 aliphatic carbocycles. The molecule has 0 saturated heterocycles. The van der Waals surface area contributed by atoms with E-state index in [2.05, 4.69) is 5.43 Å². The number of carbonyl (C=O) groups is 1. The first-order valence-electron chi connectivity index (χ1n) is 8.09. The van der Waals surface area contributed by atoms with Crippen LogP contribution in [0.3, 0.4) is 0 Å². The summed E-state index contributed by atoms with van der Waals surface area (Å²) < 4.78 is 17.6. The van der Waals surface area contributed by atoms with E-state index in [4.69, 9.17) is 13.7 Å². The average Bonchev–Trinajstić information content (AvgIpc) is 2.58. The smallest absolute Gasteiger partial charge is 0.239 e. The molecule has 26 heavy (non-hydrogen) atoms. The lowest BCUT2D eigenvalue weighted by Gasteiger charge is -2.16. The van der Waals surface area contributed by atoms with E-state index in [-0.39, 0.29) is 12.3 Å². The zero-order valence-electron chi connectivity index (χ0n) is 15.7. The fraction of sp³-hybridized carbons (Fsp3) is 0.316. The normalized spacial score (nSPS) is 10.7. The highest BCUT2D eigenvalue weighted by Gasteiger charge is 2.12. The number of aryl methyl sites for hydroxylation is 2. The second-order valence-corrected chi connectivity index (χ2v) is 6.82. The molecule has 2 aromatic rings.